The SMILES string of the molecule is CN1CCN(C(=O)c2cc(N(CCBr)OS(C)(=O)=O)c(S(C)(=O)=O)cc2[N+](=O)[O-])CC1. The van der Waals surface area contributed by atoms with Gasteiger partial charge in [0.05, 0.1) is 28.3 Å². The molecule has 0 atom stereocenters. The first-order valence-corrected chi connectivity index (χ1v) is 13.8. The summed E-state index contributed by atoms with van der Waals surface area (Å²) in [6, 6.07) is 1.77. The minimum absolute atomic E-state index is 0.116. The van der Waals surface area contributed by atoms with E-state index in [2.05, 4.69) is 15.9 Å². The number of alkyl halides is 1. The van der Waals surface area contributed by atoms with E-state index in [1.807, 2.05) is 11.9 Å². The van der Waals surface area contributed by atoms with Crippen LogP contribution in [0.1, 0.15) is 10.4 Å². The molecule has 174 valence electrons. The number of hydrogen-bond donors (Lipinski definition) is 0. The Labute approximate surface area is 189 Å². The fourth-order valence-corrected chi connectivity index (χ4v) is 4.66. The number of nitro benzene ring substituents is 1. The summed E-state index contributed by atoms with van der Waals surface area (Å²) in [7, 11) is -6.24. The lowest BCUT2D eigenvalue weighted by Crippen LogP contribution is -2.47. The van der Waals surface area contributed by atoms with Crippen LogP contribution < -0.4 is 5.06 Å². The highest BCUT2D eigenvalue weighted by Gasteiger charge is 2.33. The number of piperazine rings is 1. The largest absolute Gasteiger partial charge is 0.336 e. The molecule has 1 aliphatic rings. The van der Waals surface area contributed by atoms with Crippen molar-refractivity contribution in [3.63, 3.8) is 0 Å². The van der Waals surface area contributed by atoms with Gasteiger partial charge in [0.15, 0.2) is 9.84 Å². The number of nitro groups is 1. The molecule has 12 nitrogen and oxygen atoms in total. The number of halogens is 1. The minimum Gasteiger partial charge on any atom is -0.336 e. The Morgan fingerprint density at radius 2 is 1.77 bits per heavy atom. The van der Waals surface area contributed by atoms with Crippen LogP contribution in [-0.2, 0) is 24.2 Å². The molecule has 0 unspecified atom stereocenters. The number of hydroxylamine groups is 1. The molecule has 1 aliphatic heterocycles. The first kappa shape index (κ1) is 25.5. The van der Waals surface area contributed by atoms with Crippen molar-refractivity contribution in [1.82, 2.24) is 9.80 Å². The highest BCUT2D eigenvalue weighted by molar-refractivity contribution is 9.09. The average molecular weight is 543 g/mol. The van der Waals surface area contributed by atoms with Crippen LogP contribution in [0.5, 0.6) is 0 Å². The molecule has 0 aliphatic carbocycles. The lowest BCUT2D eigenvalue weighted by molar-refractivity contribution is -0.385. The molecule has 1 amide bonds. The number of rotatable bonds is 8. The van der Waals surface area contributed by atoms with Gasteiger partial charge >= 0.3 is 0 Å². The molecule has 1 heterocycles. The van der Waals surface area contributed by atoms with Crippen LogP contribution in [-0.4, -0.2) is 95.1 Å². The fourth-order valence-electron chi connectivity index (χ4n) is 2.99. The normalized spacial score (nSPS) is 15.7. The third-order valence-electron chi connectivity index (χ3n) is 4.48. The lowest BCUT2D eigenvalue weighted by atomic mass is 10.1. The van der Waals surface area contributed by atoms with Crippen molar-refractivity contribution in [2.24, 2.45) is 0 Å². The summed E-state index contributed by atoms with van der Waals surface area (Å²) in [5, 5.41) is 12.6. The standard InChI is InChI=1S/C16H23BrN4O8S2/c1-18-6-8-19(9-7-18)16(22)12-10-14(20(5-4-17)29-31(3,27)28)15(30(2,25)26)11-13(12)21(23)24/h10-11H,4-9H2,1-3H3. The molecule has 1 aromatic rings. The maximum atomic E-state index is 13.1. The Morgan fingerprint density at radius 3 is 2.23 bits per heavy atom. The zero-order valence-electron chi connectivity index (χ0n) is 17.1. The maximum Gasteiger partial charge on any atom is 0.285 e. The zero-order valence-corrected chi connectivity index (χ0v) is 20.4. The molecule has 31 heavy (non-hydrogen) atoms. The Kier molecular flexibility index (Phi) is 8.02. The van der Waals surface area contributed by atoms with Gasteiger partial charge in [-0.25, -0.2) is 13.5 Å². The van der Waals surface area contributed by atoms with Gasteiger partial charge in [0, 0.05) is 43.8 Å². The summed E-state index contributed by atoms with van der Waals surface area (Å²) >= 11 is 3.13. The number of hydrogen-bond acceptors (Lipinski definition) is 10. The van der Waals surface area contributed by atoms with E-state index in [1.54, 1.807) is 0 Å². The molecule has 0 bridgehead atoms. The van der Waals surface area contributed by atoms with E-state index in [-0.39, 0.29) is 23.1 Å². The fraction of sp³-hybridized carbons (Fsp3) is 0.562. The molecule has 0 saturated carbocycles. The molecule has 2 rings (SSSR count). The molecule has 1 aromatic carbocycles. The number of likely N-dealkylation sites (N-methyl/N-ethyl adjacent to an activating group) is 1. The molecule has 0 spiro atoms. The van der Waals surface area contributed by atoms with Gasteiger partial charge in [-0.3, -0.25) is 14.9 Å². The van der Waals surface area contributed by atoms with E-state index in [4.69, 9.17) is 4.28 Å². The van der Waals surface area contributed by atoms with E-state index >= 15 is 0 Å². The zero-order chi connectivity index (χ0) is 23.6. The average Bonchev–Trinajstić information content (AvgIpc) is 2.65. The van der Waals surface area contributed by atoms with Gasteiger partial charge in [0.2, 0.25) is 0 Å². The van der Waals surface area contributed by atoms with Crippen LogP contribution in [0.3, 0.4) is 0 Å². The summed E-state index contributed by atoms with van der Waals surface area (Å²) in [6.07, 6.45) is 1.60. The van der Waals surface area contributed by atoms with Gasteiger partial charge < -0.3 is 9.80 Å². The van der Waals surface area contributed by atoms with E-state index in [1.165, 1.54) is 4.90 Å². The minimum atomic E-state index is -4.07. The van der Waals surface area contributed by atoms with Crippen LogP contribution in [0.15, 0.2) is 17.0 Å². The first-order valence-electron chi connectivity index (χ1n) is 8.98. The van der Waals surface area contributed by atoms with Crippen molar-refractivity contribution in [3.8, 4) is 0 Å². The van der Waals surface area contributed by atoms with Crippen LogP contribution in [0.4, 0.5) is 11.4 Å². The van der Waals surface area contributed by atoms with Gasteiger partial charge in [-0.2, -0.15) is 8.42 Å². The third kappa shape index (κ3) is 6.58. The van der Waals surface area contributed by atoms with Crippen molar-refractivity contribution >= 4 is 53.2 Å². The first-order chi connectivity index (χ1) is 14.2. The van der Waals surface area contributed by atoms with Crippen LogP contribution >= 0.6 is 15.9 Å². The molecule has 0 N–H and O–H groups in total. The Bertz CT molecular complexity index is 1070. The number of carbonyl (C=O) groups is 1. The van der Waals surface area contributed by atoms with E-state index in [9.17, 15) is 31.7 Å². The Hall–Kier alpha value is -1.81. The summed E-state index contributed by atoms with van der Waals surface area (Å²) in [5.74, 6) is -0.653. The van der Waals surface area contributed by atoms with Crippen LogP contribution in [0.2, 0.25) is 0 Å². The predicted molar refractivity (Wildman–Crippen MR) is 117 cm³/mol. The highest BCUT2D eigenvalue weighted by atomic mass is 79.9. The number of amides is 1. The monoisotopic (exact) mass is 542 g/mol. The topological polar surface area (TPSA) is 147 Å². The van der Waals surface area contributed by atoms with Crippen LogP contribution in [0, 0.1) is 10.1 Å². The van der Waals surface area contributed by atoms with Crippen molar-refractivity contribution < 1.29 is 30.8 Å². The van der Waals surface area contributed by atoms with Gasteiger partial charge in [0.25, 0.3) is 21.7 Å². The highest BCUT2D eigenvalue weighted by Crippen LogP contribution is 2.34. The van der Waals surface area contributed by atoms with Crippen molar-refractivity contribution in [1.29, 1.82) is 0 Å². The van der Waals surface area contributed by atoms with Gasteiger partial charge in [0.1, 0.15) is 5.56 Å². The van der Waals surface area contributed by atoms with Gasteiger partial charge in [-0.1, -0.05) is 15.9 Å². The van der Waals surface area contributed by atoms with E-state index in [0.29, 0.717) is 26.2 Å². The number of carbonyl (C=O) groups excluding carboxylic acids is 1. The van der Waals surface area contributed by atoms with Gasteiger partial charge in [-0.15, -0.1) is 4.28 Å². The predicted octanol–water partition coefficient (Wildman–Crippen LogP) is 0.478. The molecule has 15 heteroatoms. The third-order valence-corrected chi connectivity index (χ3v) is 6.41. The van der Waals surface area contributed by atoms with Crippen molar-refractivity contribution in [2.45, 2.75) is 4.90 Å². The summed E-state index contributed by atoms with van der Waals surface area (Å²) in [5.41, 5.74) is -1.32. The second-order valence-electron chi connectivity index (χ2n) is 7.03. The number of nitrogens with zero attached hydrogens (tertiary/aromatic N) is 4. The Morgan fingerprint density at radius 1 is 1.19 bits per heavy atom. The van der Waals surface area contributed by atoms with E-state index in [0.717, 1.165) is 29.7 Å². The molecule has 1 saturated heterocycles. The Balaban J connectivity index is 2.71. The summed E-state index contributed by atoms with van der Waals surface area (Å²) < 4.78 is 53.0. The van der Waals surface area contributed by atoms with E-state index < -0.39 is 41.4 Å². The molecule has 1 fully saturated rings. The summed E-state index contributed by atoms with van der Waals surface area (Å²) in [4.78, 5) is 26.8. The molecule has 0 radical (unpaired) electrons. The molecular formula is C16H23BrN4O8S2. The lowest BCUT2D eigenvalue weighted by Gasteiger charge is -2.32. The van der Waals surface area contributed by atoms with Crippen molar-refractivity contribution in [3.05, 3.63) is 27.8 Å². The summed E-state index contributed by atoms with van der Waals surface area (Å²) in [6.45, 7) is 1.69. The quantitative estimate of drug-likeness (QED) is 0.258. The second-order valence-corrected chi connectivity index (χ2v) is 11.4. The smallest absolute Gasteiger partial charge is 0.285 e. The molecular weight excluding hydrogens is 520 g/mol. The maximum absolute atomic E-state index is 13.1. The molecule has 0 aromatic heterocycles. The number of anilines is 1. The van der Waals surface area contributed by atoms with Crippen LogP contribution in [0.25, 0.3) is 0 Å². The number of sulfone groups is 1. The van der Waals surface area contributed by atoms with Gasteiger partial charge in [-0.05, 0) is 13.1 Å². The number of benzene rings is 1. The van der Waals surface area contributed by atoms with Crippen molar-refractivity contribution in [2.75, 3.05) is 62.7 Å². The second kappa shape index (κ2) is 9.77.